The second-order valence-electron chi connectivity index (χ2n) is 4.17. The molecule has 0 unspecified atom stereocenters. The molecule has 0 aliphatic rings. The lowest BCUT2D eigenvalue weighted by Crippen LogP contribution is -2.29. The summed E-state index contributed by atoms with van der Waals surface area (Å²) >= 11 is 0. The molecule has 0 aromatic heterocycles. The van der Waals surface area contributed by atoms with Gasteiger partial charge in [0.25, 0.3) is 0 Å². The number of rotatable bonds is 6. The third-order valence-corrected chi connectivity index (χ3v) is 2.49. The zero-order chi connectivity index (χ0) is 15.9. The van der Waals surface area contributed by atoms with Crippen LogP contribution in [0.5, 0.6) is 0 Å². The minimum Gasteiger partial charge on any atom is -0.384 e. The first-order valence-corrected chi connectivity index (χ1v) is 6.05. The Balaban J connectivity index is 2.47. The molecule has 0 saturated heterocycles. The number of anilines is 1. The van der Waals surface area contributed by atoms with E-state index in [1.165, 1.54) is 31.4 Å². The van der Waals surface area contributed by atoms with Crippen LogP contribution in [0.4, 0.5) is 18.9 Å². The predicted octanol–water partition coefficient (Wildman–Crippen LogP) is 1.84. The first-order chi connectivity index (χ1) is 9.82. The van der Waals surface area contributed by atoms with Gasteiger partial charge in [0.15, 0.2) is 0 Å². The van der Waals surface area contributed by atoms with E-state index in [0.29, 0.717) is 12.2 Å². The number of hydrogen-bond donors (Lipinski definition) is 2. The normalized spacial score (nSPS) is 11.0. The molecule has 0 spiro atoms. The number of benzene rings is 1. The van der Waals surface area contributed by atoms with Crippen molar-refractivity contribution in [1.29, 1.82) is 0 Å². The molecular weight excluding hydrogens is 289 g/mol. The molecule has 0 atom stereocenters. The van der Waals surface area contributed by atoms with Gasteiger partial charge in [-0.2, -0.15) is 13.2 Å². The summed E-state index contributed by atoms with van der Waals surface area (Å²) in [6.07, 6.45) is -4.69. The van der Waals surface area contributed by atoms with Crippen molar-refractivity contribution in [3.63, 3.8) is 0 Å². The van der Waals surface area contributed by atoms with Crippen LogP contribution in [0.25, 0.3) is 0 Å². The number of carbonyl (C=O) groups excluding carboxylic acids is 2. The van der Waals surface area contributed by atoms with E-state index in [9.17, 15) is 22.8 Å². The van der Waals surface area contributed by atoms with Crippen LogP contribution in [0.15, 0.2) is 24.3 Å². The Bertz CT molecular complexity index is 486. The monoisotopic (exact) mass is 304 g/mol. The largest absolute Gasteiger partial charge is 0.471 e. The molecular formula is C13H15F3N2O3. The quantitative estimate of drug-likeness (QED) is 0.842. The fraction of sp³-hybridized carbons (Fsp3) is 0.385. The lowest BCUT2D eigenvalue weighted by Gasteiger charge is -2.09. The van der Waals surface area contributed by atoms with E-state index in [1.807, 2.05) is 0 Å². The highest BCUT2D eigenvalue weighted by Crippen LogP contribution is 2.18. The van der Waals surface area contributed by atoms with Gasteiger partial charge < -0.3 is 15.4 Å². The molecule has 1 aromatic rings. The number of ether oxygens (including phenoxy) is 1. The Labute approximate surface area is 119 Å². The highest BCUT2D eigenvalue weighted by Gasteiger charge is 2.38. The summed E-state index contributed by atoms with van der Waals surface area (Å²) in [5.41, 5.74) is 0.734. The summed E-state index contributed by atoms with van der Waals surface area (Å²) in [5, 5.41) is 4.37. The Hall–Kier alpha value is -2.09. The topological polar surface area (TPSA) is 67.4 Å². The zero-order valence-corrected chi connectivity index (χ0v) is 11.3. The number of hydrogen-bond acceptors (Lipinski definition) is 3. The van der Waals surface area contributed by atoms with E-state index in [-0.39, 0.29) is 24.6 Å². The molecule has 0 saturated carbocycles. The van der Waals surface area contributed by atoms with E-state index in [1.54, 1.807) is 5.32 Å². The number of methoxy groups -OCH3 is 1. The standard InChI is InChI=1S/C13H15F3N2O3/c1-21-7-6-11(19)17-8-9-2-4-10(5-3-9)18-12(20)13(14,15)16/h2-5H,6-8H2,1H3,(H,17,19)(H,18,20). The second-order valence-corrected chi connectivity index (χ2v) is 4.17. The number of alkyl halides is 3. The molecule has 2 amide bonds. The zero-order valence-electron chi connectivity index (χ0n) is 11.3. The molecule has 0 radical (unpaired) electrons. The molecule has 0 aliphatic carbocycles. The Morgan fingerprint density at radius 1 is 1.19 bits per heavy atom. The van der Waals surface area contributed by atoms with E-state index < -0.39 is 12.1 Å². The number of nitrogens with one attached hydrogen (secondary N) is 2. The molecule has 0 aliphatic heterocycles. The van der Waals surface area contributed by atoms with Crippen molar-refractivity contribution in [2.75, 3.05) is 19.0 Å². The summed E-state index contributed by atoms with van der Waals surface area (Å²) in [4.78, 5) is 22.1. The van der Waals surface area contributed by atoms with Gasteiger partial charge in [0.05, 0.1) is 6.61 Å². The minimum atomic E-state index is -4.92. The average Bonchev–Trinajstić information content (AvgIpc) is 2.43. The molecule has 8 heteroatoms. The SMILES string of the molecule is COCCC(=O)NCc1ccc(NC(=O)C(F)(F)F)cc1. The molecule has 2 N–H and O–H groups in total. The third kappa shape index (κ3) is 6.26. The lowest BCUT2D eigenvalue weighted by atomic mass is 10.2. The van der Waals surface area contributed by atoms with Crippen molar-refractivity contribution in [3.05, 3.63) is 29.8 Å². The fourth-order valence-corrected chi connectivity index (χ4v) is 1.39. The highest BCUT2D eigenvalue weighted by molar-refractivity contribution is 5.94. The molecule has 0 bridgehead atoms. The van der Waals surface area contributed by atoms with Crippen LogP contribution in [0.2, 0.25) is 0 Å². The first-order valence-electron chi connectivity index (χ1n) is 6.05. The van der Waals surface area contributed by atoms with Gasteiger partial charge in [0, 0.05) is 25.8 Å². The Morgan fingerprint density at radius 3 is 2.33 bits per heavy atom. The van der Waals surface area contributed by atoms with Crippen LogP contribution in [0.3, 0.4) is 0 Å². The van der Waals surface area contributed by atoms with Crippen LogP contribution in [0, 0.1) is 0 Å². The van der Waals surface area contributed by atoms with E-state index in [0.717, 1.165) is 0 Å². The maximum atomic E-state index is 12.1. The van der Waals surface area contributed by atoms with Crippen LogP contribution in [-0.2, 0) is 20.9 Å². The number of halogens is 3. The van der Waals surface area contributed by atoms with Crippen LogP contribution in [-0.4, -0.2) is 31.7 Å². The third-order valence-electron chi connectivity index (χ3n) is 2.49. The Kier molecular flexibility index (Phi) is 6.16. The molecule has 21 heavy (non-hydrogen) atoms. The lowest BCUT2D eigenvalue weighted by molar-refractivity contribution is -0.167. The molecule has 0 fully saturated rings. The van der Waals surface area contributed by atoms with Crippen molar-refractivity contribution >= 4 is 17.5 Å². The second kappa shape index (κ2) is 7.63. The molecule has 5 nitrogen and oxygen atoms in total. The van der Waals surface area contributed by atoms with Crippen LogP contribution >= 0.6 is 0 Å². The summed E-state index contributed by atoms with van der Waals surface area (Å²) in [6, 6.07) is 5.70. The van der Waals surface area contributed by atoms with E-state index >= 15 is 0 Å². The van der Waals surface area contributed by atoms with Gasteiger partial charge in [0.1, 0.15) is 0 Å². The van der Waals surface area contributed by atoms with Gasteiger partial charge in [-0.3, -0.25) is 9.59 Å². The van der Waals surface area contributed by atoms with Gasteiger partial charge in [-0.25, -0.2) is 0 Å². The van der Waals surface area contributed by atoms with Crippen molar-refractivity contribution in [1.82, 2.24) is 5.32 Å². The van der Waals surface area contributed by atoms with Gasteiger partial charge >= 0.3 is 12.1 Å². The predicted molar refractivity (Wildman–Crippen MR) is 69.5 cm³/mol. The summed E-state index contributed by atoms with van der Waals surface area (Å²) in [7, 11) is 1.49. The summed E-state index contributed by atoms with van der Waals surface area (Å²) in [6.45, 7) is 0.560. The van der Waals surface area contributed by atoms with Gasteiger partial charge in [-0.15, -0.1) is 0 Å². The summed E-state index contributed by atoms with van der Waals surface area (Å²) < 4.78 is 40.9. The molecule has 0 heterocycles. The van der Waals surface area contributed by atoms with Gasteiger partial charge in [0.2, 0.25) is 5.91 Å². The maximum Gasteiger partial charge on any atom is 0.471 e. The number of amides is 2. The van der Waals surface area contributed by atoms with Gasteiger partial charge in [-0.05, 0) is 17.7 Å². The Morgan fingerprint density at radius 2 is 1.81 bits per heavy atom. The van der Waals surface area contributed by atoms with E-state index in [2.05, 4.69) is 5.32 Å². The molecule has 116 valence electrons. The maximum absolute atomic E-state index is 12.1. The number of carbonyl (C=O) groups is 2. The first kappa shape index (κ1) is 17.0. The van der Waals surface area contributed by atoms with Crippen LogP contribution < -0.4 is 10.6 Å². The van der Waals surface area contributed by atoms with E-state index in [4.69, 9.17) is 4.74 Å². The van der Waals surface area contributed by atoms with Crippen molar-refractivity contribution in [2.45, 2.75) is 19.1 Å². The average molecular weight is 304 g/mol. The highest BCUT2D eigenvalue weighted by atomic mass is 19.4. The van der Waals surface area contributed by atoms with Crippen molar-refractivity contribution in [3.8, 4) is 0 Å². The van der Waals surface area contributed by atoms with Crippen molar-refractivity contribution < 1.29 is 27.5 Å². The smallest absolute Gasteiger partial charge is 0.384 e. The molecule has 1 rings (SSSR count). The minimum absolute atomic E-state index is 0.0341. The summed E-state index contributed by atoms with van der Waals surface area (Å²) in [5.74, 6) is -2.21. The van der Waals surface area contributed by atoms with Crippen molar-refractivity contribution in [2.24, 2.45) is 0 Å². The molecule has 1 aromatic carbocycles. The fourth-order valence-electron chi connectivity index (χ4n) is 1.39. The van der Waals surface area contributed by atoms with Crippen LogP contribution in [0.1, 0.15) is 12.0 Å². The van der Waals surface area contributed by atoms with Gasteiger partial charge in [-0.1, -0.05) is 12.1 Å².